The molecule has 0 fully saturated rings. The van der Waals surface area contributed by atoms with E-state index in [4.69, 9.17) is 11.3 Å². The summed E-state index contributed by atoms with van der Waals surface area (Å²) >= 11 is 0. The summed E-state index contributed by atoms with van der Waals surface area (Å²) in [6, 6.07) is 13.1. The third-order valence-electron chi connectivity index (χ3n) is 3.14. The fraction of sp³-hybridized carbons (Fsp3) is 0.188. The van der Waals surface area contributed by atoms with Crippen LogP contribution in [0.4, 0.5) is 0 Å². The van der Waals surface area contributed by atoms with Gasteiger partial charge in [-0.3, -0.25) is 4.85 Å². The molecular formula is C16H15NO3S. The molecule has 0 aromatic heterocycles. The van der Waals surface area contributed by atoms with Crippen LogP contribution >= 0.6 is 0 Å². The zero-order chi connectivity index (χ0) is 15.5. The molecule has 0 radical (unpaired) electrons. The minimum Gasteiger partial charge on any atom is -0.497 e. The molecule has 2 rings (SSSR count). The number of nitrogens with zero attached hydrogens (tertiary/aromatic N) is 1. The molecule has 0 amide bonds. The normalized spacial score (nSPS) is 12.4. The van der Waals surface area contributed by atoms with E-state index in [1.165, 1.54) is 19.2 Å². The van der Waals surface area contributed by atoms with Crippen LogP contribution < -0.4 is 4.74 Å². The molecule has 4 nitrogen and oxygen atoms in total. The molecule has 2 aromatic carbocycles. The Hall–Kier alpha value is -2.32. The second-order valence-corrected chi connectivity index (χ2v) is 6.62. The van der Waals surface area contributed by atoms with Gasteiger partial charge in [-0.15, -0.1) is 0 Å². The van der Waals surface area contributed by atoms with Crippen molar-refractivity contribution in [3.63, 3.8) is 0 Å². The van der Waals surface area contributed by atoms with Crippen molar-refractivity contribution >= 4 is 9.84 Å². The molecule has 0 aliphatic carbocycles. The van der Waals surface area contributed by atoms with Gasteiger partial charge in [0.15, 0.2) is 0 Å². The Morgan fingerprint density at radius 3 is 2.38 bits per heavy atom. The van der Waals surface area contributed by atoms with E-state index in [1.807, 2.05) is 6.92 Å². The van der Waals surface area contributed by atoms with Crippen LogP contribution in [0.15, 0.2) is 53.4 Å². The second-order valence-electron chi connectivity index (χ2n) is 4.62. The van der Waals surface area contributed by atoms with Gasteiger partial charge in [-0.25, -0.2) is 15.0 Å². The number of aryl methyl sites for hydroxylation is 1. The number of hydrogen-bond acceptors (Lipinski definition) is 3. The van der Waals surface area contributed by atoms with Crippen LogP contribution in [0.25, 0.3) is 4.85 Å². The van der Waals surface area contributed by atoms with Crippen LogP contribution in [0.3, 0.4) is 0 Å². The first-order chi connectivity index (χ1) is 9.98. The highest BCUT2D eigenvalue weighted by Gasteiger charge is 2.34. The summed E-state index contributed by atoms with van der Waals surface area (Å²) in [6.07, 6.45) is 0. The maximum absolute atomic E-state index is 12.6. The summed E-state index contributed by atoms with van der Waals surface area (Å²) in [6.45, 7) is 9.16. The molecule has 0 aliphatic rings. The van der Waals surface area contributed by atoms with Crippen molar-refractivity contribution in [2.45, 2.75) is 17.2 Å². The van der Waals surface area contributed by atoms with E-state index < -0.39 is 15.2 Å². The zero-order valence-electron chi connectivity index (χ0n) is 11.8. The van der Waals surface area contributed by atoms with Gasteiger partial charge >= 0.3 is 5.37 Å². The summed E-state index contributed by atoms with van der Waals surface area (Å²) < 4.78 is 30.3. The first-order valence-corrected chi connectivity index (χ1v) is 7.85. The van der Waals surface area contributed by atoms with E-state index >= 15 is 0 Å². The largest absolute Gasteiger partial charge is 0.497 e. The van der Waals surface area contributed by atoms with Gasteiger partial charge in [0, 0.05) is 0 Å². The second kappa shape index (κ2) is 5.98. The van der Waals surface area contributed by atoms with E-state index in [9.17, 15) is 8.42 Å². The van der Waals surface area contributed by atoms with Crippen LogP contribution in [0.5, 0.6) is 5.75 Å². The molecule has 0 N–H and O–H groups in total. The Bertz CT molecular complexity index is 774. The molecule has 0 bridgehead atoms. The summed E-state index contributed by atoms with van der Waals surface area (Å²) in [7, 11) is -2.26. The smallest absolute Gasteiger partial charge is 0.350 e. The molecule has 0 aliphatic heterocycles. The van der Waals surface area contributed by atoms with E-state index in [0.29, 0.717) is 11.3 Å². The van der Waals surface area contributed by atoms with Crippen molar-refractivity contribution in [1.29, 1.82) is 0 Å². The van der Waals surface area contributed by atoms with Crippen LogP contribution in [-0.4, -0.2) is 15.5 Å². The minimum absolute atomic E-state index is 0.150. The monoisotopic (exact) mass is 301 g/mol. The Morgan fingerprint density at radius 2 is 1.81 bits per heavy atom. The van der Waals surface area contributed by atoms with E-state index in [2.05, 4.69) is 4.85 Å². The fourth-order valence-corrected chi connectivity index (χ4v) is 3.39. The fourth-order valence-electron chi connectivity index (χ4n) is 1.98. The average molecular weight is 301 g/mol. The summed E-state index contributed by atoms with van der Waals surface area (Å²) in [4.78, 5) is 3.46. The number of hydrogen-bond donors (Lipinski definition) is 0. The SMILES string of the molecule is [C-]#[N+]C(c1cccc(OC)c1)S(=O)(=O)c1ccc(C)cc1. The van der Waals surface area contributed by atoms with Crippen molar-refractivity contribution in [2.75, 3.05) is 7.11 Å². The average Bonchev–Trinajstić information content (AvgIpc) is 2.48. The molecule has 108 valence electrons. The molecule has 0 heterocycles. The lowest BCUT2D eigenvalue weighted by Crippen LogP contribution is -2.10. The van der Waals surface area contributed by atoms with Crippen molar-refractivity contribution in [1.82, 2.24) is 0 Å². The van der Waals surface area contributed by atoms with E-state index in [0.717, 1.165) is 5.56 Å². The molecule has 5 heteroatoms. The van der Waals surface area contributed by atoms with Gasteiger partial charge in [0.1, 0.15) is 5.75 Å². The topological polar surface area (TPSA) is 47.7 Å². The molecule has 0 spiro atoms. The number of ether oxygens (including phenoxy) is 1. The third-order valence-corrected chi connectivity index (χ3v) is 5.03. The first-order valence-electron chi connectivity index (χ1n) is 6.30. The Labute approximate surface area is 124 Å². The molecule has 21 heavy (non-hydrogen) atoms. The first kappa shape index (κ1) is 15.1. The predicted molar refractivity (Wildman–Crippen MR) is 80.7 cm³/mol. The number of methoxy groups -OCH3 is 1. The third kappa shape index (κ3) is 3.06. The van der Waals surface area contributed by atoms with Crippen molar-refractivity contribution < 1.29 is 13.2 Å². The van der Waals surface area contributed by atoms with E-state index in [1.54, 1.807) is 36.4 Å². The Balaban J connectivity index is 2.49. The Kier molecular flexibility index (Phi) is 4.29. The molecule has 0 saturated carbocycles. The lowest BCUT2D eigenvalue weighted by molar-refractivity contribution is 0.414. The zero-order valence-corrected chi connectivity index (χ0v) is 12.6. The maximum Gasteiger partial charge on any atom is 0.350 e. The van der Waals surface area contributed by atoms with Crippen LogP contribution in [-0.2, 0) is 9.84 Å². The lowest BCUT2D eigenvalue weighted by Gasteiger charge is -2.09. The quantitative estimate of drug-likeness (QED) is 0.813. The molecule has 1 atom stereocenters. The van der Waals surface area contributed by atoms with Crippen molar-refractivity contribution in [3.05, 3.63) is 71.1 Å². The molecule has 0 saturated heterocycles. The highest BCUT2D eigenvalue weighted by Crippen LogP contribution is 2.31. The van der Waals surface area contributed by atoms with Gasteiger partial charge in [-0.05, 0) is 37.3 Å². The molecular weight excluding hydrogens is 286 g/mol. The number of rotatable bonds is 4. The van der Waals surface area contributed by atoms with Crippen LogP contribution in [0, 0.1) is 13.5 Å². The standard InChI is InChI=1S/C16H15NO3S/c1-12-7-9-15(10-8-12)21(18,19)16(17-2)13-5-4-6-14(11-13)20-3/h4-11,16H,1,3H3. The van der Waals surface area contributed by atoms with Crippen LogP contribution in [0.1, 0.15) is 16.5 Å². The predicted octanol–water partition coefficient (Wildman–Crippen LogP) is 3.40. The lowest BCUT2D eigenvalue weighted by atomic mass is 10.2. The van der Waals surface area contributed by atoms with Gasteiger partial charge in [-0.1, -0.05) is 23.8 Å². The molecule has 2 aromatic rings. The Morgan fingerprint density at radius 1 is 1.14 bits per heavy atom. The summed E-state index contributed by atoms with van der Waals surface area (Å²) in [5.41, 5.74) is 1.37. The van der Waals surface area contributed by atoms with Gasteiger partial charge in [0.05, 0.1) is 17.6 Å². The van der Waals surface area contributed by atoms with Crippen LogP contribution in [0.2, 0.25) is 0 Å². The number of sulfone groups is 1. The van der Waals surface area contributed by atoms with Crippen molar-refractivity contribution in [2.24, 2.45) is 0 Å². The summed E-state index contributed by atoms with van der Waals surface area (Å²) in [5, 5.41) is -1.27. The highest BCUT2D eigenvalue weighted by atomic mass is 32.2. The minimum atomic E-state index is -3.76. The van der Waals surface area contributed by atoms with Gasteiger partial charge in [0.2, 0.25) is 0 Å². The van der Waals surface area contributed by atoms with E-state index in [-0.39, 0.29) is 4.90 Å². The number of benzene rings is 2. The van der Waals surface area contributed by atoms with Crippen molar-refractivity contribution in [3.8, 4) is 5.75 Å². The summed E-state index contributed by atoms with van der Waals surface area (Å²) in [5.74, 6) is 0.528. The molecule has 1 unspecified atom stereocenters. The highest BCUT2D eigenvalue weighted by molar-refractivity contribution is 7.91. The van der Waals surface area contributed by atoms with Gasteiger partial charge < -0.3 is 4.74 Å². The van der Waals surface area contributed by atoms with Gasteiger partial charge in [0.25, 0.3) is 9.84 Å². The van der Waals surface area contributed by atoms with Gasteiger partial charge in [-0.2, -0.15) is 0 Å². The maximum atomic E-state index is 12.6.